The predicted octanol–water partition coefficient (Wildman–Crippen LogP) is 5.44. The minimum Gasteiger partial charge on any atom is -0.306 e. The van der Waals surface area contributed by atoms with E-state index in [4.69, 9.17) is 0 Å². The fraction of sp³-hybridized carbons (Fsp3) is 0.474. The van der Waals surface area contributed by atoms with Crippen LogP contribution in [0, 0.1) is 6.92 Å². The monoisotopic (exact) mass is 301 g/mol. The zero-order valence-electron chi connectivity index (χ0n) is 13.9. The summed E-state index contributed by atoms with van der Waals surface area (Å²) < 4.78 is 0. The Morgan fingerprint density at radius 3 is 2.24 bits per heavy atom. The number of benzene rings is 1. The van der Waals surface area contributed by atoms with Crippen LogP contribution in [0.5, 0.6) is 0 Å². The minimum atomic E-state index is 0.255. The van der Waals surface area contributed by atoms with E-state index in [9.17, 15) is 0 Å². The van der Waals surface area contributed by atoms with Crippen LogP contribution < -0.4 is 5.32 Å². The van der Waals surface area contributed by atoms with Gasteiger partial charge in [-0.05, 0) is 53.4 Å². The van der Waals surface area contributed by atoms with E-state index >= 15 is 0 Å². The SMILES string of the molecule is CCNC(c1ccc(C(C)(C)CC)cc1)c1sccc1C. The molecule has 1 N–H and O–H groups in total. The van der Waals surface area contributed by atoms with Gasteiger partial charge < -0.3 is 5.32 Å². The number of thiophene rings is 1. The molecule has 0 amide bonds. The molecule has 1 atom stereocenters. The molecular formula is C19H27NS. The first kappa shape index (κ1) is 16.3. The Kier molecular flexibility index (Phi) is 5.23. The maximum absolute atomic E-state index is 3.62. The third kappa shape index (κ3) is 3.56. The summed E-state index contributed by atoms with van der Waals surface area (Å²) in [4.78, 5) is 1.43. The van der Waals surface area contributed by atoms with Crippen LogP contribution in [0.1, 0.15) is 61.7 Å². The molecule has 0 saturated heterocycles. The lowest BCUT2D eigenvalue weighted by Gasteiger charge is -2.25. The van der Waals surface area contributed by atoms with E-state index in [2.05, 4.69) is 75.6 Å². The summed E-state index contributed by atoms with van der Waals surface area (Å²) in [7, 11) is 0. The van der Waals surface area contributed by atoms with Gasteiger partial charge in [-0.25, -0.2) is 0 Å². The highest BCUT2D eigenvalue weighted by Crippen LogP contribution is 2.32. The zero-order valence-corrected chi connectivity index (χ0v) is 14.7. The van der Waals surface area contributed by atoms with Gasteiger partial charge in [0.25, 0.3) is 0 Å². The van der Waals surface area contributed by atoms with E-state index in [0.717, 1.165) is 13.0 Å². The first-order chi connectivity index (χ1) is 9.99. The molecule has 1 aromatic carbocycles. The summed E-state index contributed by atoms with van der Waals surface area (Å²) >= 11 is 1.84. The summed E-state index contributed by atoms with van der Waals surface area (Å²) in [6.07, 6.45) is 1.16. The Morgan fingerprint density at radius 1 is 1.10 bits per heavy atom. The molecule has 1 aromatic heterocycles. The van der Waals surface area contributed by atoms with Crippen molar-refractivity contribution in [1.82, 2.24) is 5.32 Å². The van der Waals surface area contributed by atoms with Gasteiger partial charge in [0.15, 0.2) is 0 Å². The number of hydrogen-bond acceptors (Lipinski definition) is 2. The highest BCUT2D eigenvalue weighted by atomic mass is 32.1. The third-order valence-electron chi connectivity index (χ3n) is 4.48. The van der Waals surface area contributed by atoms with Gasteiger partial charge >= 0.3 is 0 Å². The smallest absolute Gasteiger partial charge is 0.0673 e. The van der Waals surface area contributed by atoms with Crippen LogP contribution in [-0.2, 0) is 5.41 Å². The van der Waals surface area contributed by atoms with E-state index in [1.807, 2.05) is 11.3 Å². The molecule has 1 heterocycles. The van der Waals surface area contributed by atoms with Crippen LogP contribution >= 0.6 is 11.3 Å². The maximum atomic E-state index is 3.62. The molecule has 2 aromatic rings. The third-order valence-corrected chi connectivity index (χ3v) is 5.57. The van der Waals surface area contributed by atoms with Gasteiger partial charge in [-0.3, -0.25) is 0 Å². The summed E-state index contributed by atoms with van der Waals surface area (Å²) in [6, 6.07) is 11.7. The quantitative estimate of drug-likeness (QED) is 0.749. The van der Waals surface area contributed by atoms with Gasteiger partial charge in [-0.15, -0.1) is 11.3 Å². The van der Waals surface area contributed by atoms with Gasteiger partial charge in [0.05, 0.1) is 6.04 Å². The molecule has 114 valence electrons. The highest BCUT2D eigenvalue weighted by Gasteiger charge is 2.20. The van der Waals surface area contributed by atoms with Gasteiger partial charge in [0.2, 0.25) is 0 Å². The topological polar surface area (TPSA) is 12.0 Å². The van der Waals surface area contributed by atoms with Crippen LogP contribution in [0.2, 0.25) is 0 Å². The van der Waals surface area contributed by atoms with Crippen LogP contribution in [-0.4, -0.2) is 6.54 Å². The van der Waals surface area contributed by atoms with Crippen molar-refractivity contribution >= 4 is 11.3 Å². The lowest BCUT2D eigenvalue weighted by molar-refractivity contribution is 0.506. The van der Waals surface area contributed by atoms with E-state index in [1.165, 1.54) is 21.6 Å². The molecule has 1 nitrogen and oxygen atoms in total. The standard InChI is InChI=1S/C19H27NS/c1-6-19(4,5)16-10-8-15(9-11-16)17(20-7-2)18-14(3)12-13-21-18/h8-13,17,20H,6-7H2,1-5H3. The second kappa shape index (κ2) is 6.76. The minimum absolute atomic E-state index is 0.255. The molecular weight excluding hydrogens is 274 g/mol. The van der Waals surface area contributed by atoms with Crippen molar-refractivity contribution in [2.45, 2.75) is 52.5 Å². The number of hydrogen-bond donors (Lipinski definition) is 1. The number of nitrogens with one attached hydrogen (secondary N) is 1. The molecule has 0 aliphatic rings. The van der Waals surface area contributed by atoms with Crippen LogP contribution in [0.25, 0.3) is 0 Å². The summed E-state index contributed by atoms with van der Waals surface area (Å²) in [5, 5.41) is 5.81. The van der Waals surface area contributed by atoms with Gasteiger partial charge in [-0.2, -0.15) is 0 Å². The average molecular weight is 301 g/mol. The summed E-state index contributed by atoms with van der Waals surface area (Å²) in [5.74, 6) is 0. The lowest BCUT2D eigenvalue weighted by atomic mass is 9.81. The summed E-state index contributed by atoms with van der Waals surface area (Å²) in [5.41, 5.74) is 4.42. The molecule has 0 radical (unpaired) electrons. The first-order valence-corrected chi connectivity index (χ1v) is 8.75. The van der Waals surface area contributed by atoms with Crippen molar-refractivity contribution in [2.24, 2.45) is 0 Å². The van der Waals surface area contributed by atoms with Gasteiger partial charge in [-0.1, -0.05) is 52.0 Å². The van der Waals surface area contributed by atoms with Crippen molar-refractivity contribution < 1.29 is 0 Å². The van der Waals surface area contributed by atoms with Crippen LogP contribution in [0.4, 0.5) is 0 Å². The Labute approximate surface area is 133 Å². The van der Waals surface area contributed by atoms with E-state index in [0.29, 0.717) is 6.04 Å². The average Bonchev–Trinajstić information content (AvgIpc) is 2.91. The Hall–Kier alpha value is -1.12. The van der Waals surface area contributed by atoms with Crippen molar-refractivity contribution in [1.29, 1.82) is 0 Å². The second-order valence-corrected chi connectivity index (χ2v) is 7.27. The van der Waals surface area contributed by atoms with Crippen molar-refractivity contribution in [2.75, 3.05) is 6.54 Å². The molecule has 2 heteroatoms. The predicted molar refractivity (Wildman–Crippen MR) is 94.3 cm³/mol. The molecule has 2 rings (SSSR count). The zero-order chi connectivity index (χ0) is 15.5. The largest absolute Gasteiger partial charge is 0.306 e. The lowest BCUT2D eigenvalue weighted by Crippen LogP contribution is -2.22. The molecule has 0 aliphatic carbocycles. The first-order valence-electron chi connectivity index (χ1n) is 7.87. The number of aryl methyl sites for hydroxylation is 1. The van der Waals surface area contributed by atoms with Crippen molar-refractivity contribution in [3.8, 4) is 0 Å². The molecule has 21 heavy (non-hydrogen) atoms. The molecule has 0 saturated carbocycles. The fourth-order valence-corrected chi connectivity index (χ4v) is 3.61. The summed E-state index contributed by atoms with van der Waals surface area (Å²) in [6.45, 7) is 12.2. The van der Waals surface area contributed by atoms with Crippen LogP contribution in [0.15, 0.2) is 35.7 Å². The molecule has 0 aliphatic heterocycles. The highest BCUT2D eigenvalue weighted by molar-refractivity contribution is 7.10. The van der Waals surface area contributed by atoms with E-state index < -0.39 is 0 Å². The van der Waals surface area contributed by atoms with E-state index in [1.54, 1.807) is 0 Å². The van der Waals surface area contributed by atoms with Crippen molar-refractivity contribution in [3.05, 3.63) is 57.3 Å². The van der Waals surface area contributed by atoms with E-state index in [-0.39, 0.29) is 5.41 Å². The molecule has 0 spiro atoms. The molecule has 0 bridgehead atoms. The Balaban J connectivity index is 2.32. The molecule has 0 fully saturated rings. The van der Waals surface area contributed by atoms with Gasteiger partial charge in [0, 0.05) is 4.88 Å². The van der Waals surface area contributed by atoms with Gasteiger partial charge in [0.1, 0.15) is 0 Å². The Bertz CT molecular complexity index is 566. The van der Waals surface area contributed by atoms with Crippen molar-refractivity contribution in [3.63, 3.8) is 0 Å². The Morgan fingerprint density at radius 2 is 1.76 bits per heavy atom. The van der Waals surface area contributed by atoms with Crippen LogP contribution in [0.3, 0.4) is 0 Å². The maximum Gasteiger partial charge on any atom is 0.0673 e. The fourth-order valence-electron chi connectivity index (χ4n) is 2.58. The second-order valence-electron chi connectivity index (χ2n) is 6.32. The molecule has 1 unspecified atom stereocenters. The normalized spacial score (nSPS) is 13.4. The number of rotatable bonds is 6.